The molecule has 1 aromatic carbocycles. The van der Waals surface area contributed by atoms with E-state index in [0.29, 0.717) is 6.54 Å². The van der Waals surface area contributed by atoms with Crippen LogP contribution in [0, 0.1) is 0 Å². The second kappa shape index (κ2) is 8.83. The average Bonchev–Trinajstić information content (AvgIpc) is 3.02. The summed E-state index contributed by atoms with van der Waals surface area (Å²) in [7, 11) is 1.82. The van der Waals surface area contributed by atoms with Crippen LogP contribution in [0.4, 0.5) is 0 Å². The summed E-state index contributed by atoms with van der Waals surface area (Å²) in [5.74, 6) is -0.547. The third-order valence-electron chi connectivity index (χ3n) is 3.44. The minimum absolute atomic E-state index is 0.166. The van der Waals surface area contributed by atoms with Gasteiger partial charge in [-0.25, -0.2) is 0 Å². The van der Waals surface area contributed by atoms with Crippen molar-refractivity contribution < 1.29 is 19.2 Å². The zero-order chi connectivity index (χ0) is 17.4. The van der Waals surface area contributed by atoms with E-state index in [0.717, 1.165) is 29.9 Å². The van der Waals surface area contributed by atoms with Crippen LogP contribution in [0.25, 0.3) is 11.3 Å². The predicted octanol–water partition coefficient (Wildman–Crippen LogP) is 1.41. The lowest BCUT2D eigenvalue weighted by atomic mass is 10.1. The SMILES string of the molecule is CN(CCCc1cc(-c2ccccc2)no1)CC(=O)NCC(=O)O. The third-order valence-corrected chi connectivity index (χ3v) is 3.44. The highest BCUT2D eigenvalue weighted by molar-refractivity contribution is 5.82. The molecule has 0 bridgehead atoms. The van der Waals surface area contributed by atoms with Gasteiger partial charge in [-0.3, -0.25) is 14.5 Å². The maximum absolute atomic E-state index is 11.5. The molecule has 0 saturated heterocycles. The molecule has 0 fully saturated rings. The number of aromatic nitrogens is 1. The zero-order valence-corrected chi connectivity index (χ0v) is 13.6. The summed E-state index contributed by atoms with van der Waals surface area (Å²) in [5.41, 5.74) is 1.83. The lowest BCUT2D eigenvalue weighted by Crippen LogP contribution is -2.38. The van der Waals surface area contributed by atoms with Crippen LogP contribution in [0.2, 0.25) is 0 Å². The van der Waals surface area contributed by atoms with Gasteiger partial charge in [-0.05, 0) is 20.0 Å². The van der Waals surface area contributed by atoms with Gasteiger partial charge >= 0.3 is 5.97 Å². The second-order valence-electron chi connectivity index (χ2n) is 5.56. The van der Waals surface area contributed by atoms with Gasteiger partial charge in [0, 0.05) is 18.1 Å². The van der Waals surface area contributed by atoms with Crippen molar-refractivity contribution in [1.29, 1.82) is 0 Å². The van der Waals surface area contributed by atoms with Gasteiger partial charge in [0.05, 0.1) is 6.54 Å². The number of carboxylic acid groups (broad SMARTS) is 1. The average molecular weight is 331 g/mol. The number of hydrogen-bond donors (Lipinski definition) is 2. The van der Waals surface area contributed by atoms with Gasteiger partial charge in [0.25, 0.3) is 0 Å². The Labute approximate surface area is 140 Å². The molecule has 0 spiro atoms. The van der Waals surface area contributed by atoms with Crippen molar-refractivity contribution in [2.24, 2.45) is 0 Å². The first-order valence-corrected chi connectivity index (χ1v) is 7.72. The zero-order valence-electron chi connectivity index (χ0n) is 13.6. The highest BCUT2D eigenvalue weighted by Crippen LogP contribution is 2.19. The largest absolute Gasteiger partial charge is 0.480 e. The number of rotatable bonds is 9. The number of likely N-dealkylation sites (N-methyl/N-ethyl adjacent to an activating group) is 1. The molecule has 2 rings (SSSR count). The Bertz CT molecular complexity index is 669. The summed E-state index contributed by atoms with van der Waals surface area (Å²) in [6, 6.07) is 11.7. The summed E-state index contributed by atoms with van der Waals surface area (Å²) >= 11 is 0. The van der Waals surface area contributed by atoms with E-state index in [1.54, 1.807) is 0 Å². The fourth-order valence-corrected chi connectivity index (χ4v) is 2.25. The van der Waals surface area contributed by atoms with Crippen molar-refractivity contribution in [3.8, 4) is 11.3 Å². The highest BCUT2D eigenvalue weighted by atomic mass is 16.5. The number of nitrogens with one attached hydrogen (secondary N) is 1. The first-order valence-electron chi connectivity index (χ1n) is 7.72. The molecule has 2 aromatic rings. The molecule has 0 atom stereocenters. The molecule has 128 valence electrons. The van der Waals surface area contributed by atoms with Crippen molar-refractivity contribution in [2.75, 3.05) is 26.7 Å². The van der Waals surface area contributed by atoms with Crippen molar-refractivity contribution in [3.05, 3.63) is 42.2 Å². The van der Waals surface area contributed by atoms with Gasteiger partial charge < -0.3 is 14.9 Å². The molecule has 2 N–H and O–H groups in total. The topological polar surface area (TPSA) is 95.7 Å². The number of amides is 1. The molecule has 0 aliphatic rings. The highest BCUT2D eigenvalue weighted by Gasteiger charge is 2.09. The molecular weight excluding hydrogens is 310 g/mol. The van der Waals surface area contributed by atoms with Crippen molar-refractivity contribution in [1.82, 2.24) is 15.4 Å². The molecule has 0 aliphatic heterocycles. The number of carboxylic acids is 1. The van der Waals surface area contributed by atoms with E-state index in [4.69, 9.17) is 9.63 Å². The fraction of sp³-hybridized carbons (Fsp3) is 0.353. The number of benzene rings is 1. The molecule has 0 unspecified atom stereocenters. The molecule has 0 radical (unpaired) electrons. The van der Waals surface area contributed by atoms with E-state index >= 15 is 0 Å². The van der Waals surface area contributed by atoms with Crippen molar-refractivity contribution in [3.63, 3.8) is 0 Å². The van der Waals surface area contributed by atoms with E-state index < -0.39 is 5.97 Å². The first kappa shape index (κ1) is 17.7. The van der Waals surface area contributed by atoms with E-state index in [9.17, 15) is 9.59 Å². The van der Waals surface area contributed by atoms with E-state index in [-0.39, 0.29) is 19.0 Å². The molecule has 0 saturated carbocycles. The van der Waals surface area contributed by atoms with Crippen LogP contribution in [0.3, 0.4) is 0 Å². The van der Waals surface area contributed by atoms with Crippen LogP contribution in [0.1, 0.15) is 12.2 Å². The van der Waals surface area contributed by atoms with Crippen molar-refractivity contribution in [2.45, 2.75) is 12.8 Å². The lowest BCUT2D eigenvalue weighted by Gasteiger charge is -2.15. The Morgan fingerprint density at radius 3 is 2.75 bits per heavy atom. The van der Waals surface area contributed by atoms with Gasteiger partial charge in [0.2, 0.25) is 5.91 Å². The Kier molecular flexibility index (Phi) is 6.51. The van der Waals surface area contributed by atoms with Gasteiger partial charge in [-0.1, -0.05) is 35.5 Å². The Balaban J connectivity index is 1.71. The lowest BCUT2D eigenvalue weighted by molar-refractivity contribution is -0.138. The standard InChI is InChI=1S/C17H21N3O4/c1-20(12-16(21)18-11-17(22)23)9-5-8-14-10-15(19-24-14)13-6-3-2-4-7-13/h2-4,6-7,10H,5,8-9,11-12H2,1H3,(H,18,21)(H,22,23). The Morgan fingerprint density at radius 2 is 2.04 bits per heavy atom. The minimum atomic E-state index is -1.05. The Hall–Kier alpha value is -2.67. The van der Waals surface area contributed by atoms with Crippen LogP contribution in [0.15, 0.2) is 40.9 Å². The fourth-order valence-electron chi connectivity index (χ4n) is 2.25. The van der Waals surface area contributed by atoms with E-state index in [1.807, 2.05) is 48.3 Å². The molecule has 1 heterocycles. The van der Waals surface area contributed by atoms with Crippen LogP contribution < -0.4 is 5.32 Å². The number of hydrogen-bond acceptors (Lipinski definition) is 5. The van der Waals surface area contributed by atoms with Crippen LogP contribution in [0.5, 0.6) is 0 Å². The van der Waals surface area contributed by atoms with E-state index in [1.165, 1.54) is 0 Å². The third kappa shape index (κ3) is 5.85. The summed E-state index contributed by atoms with van der Waals surface area (Å²) in [4.78, 5) is 23.7. The van der Waals surface area contributed by atoms with Gasteiger partial charge in [0.1, 0.15) is 18.0 Å². The number of aryl methyl sites for hydroxylation is 1. The first-order chi connectivity index (χ1) is 11.5. The Morgan fingerprint density at radius 1 is 1.29 bits per heavy atom. The molecule has 0 aliphatic carbocycles. The van der Waals surface area contributed by atoms with E-state index in [2.05, 4.69) is 10.5 Å². The van der Waals surface area contributed by atoms with Crippen LogP contribution >= 0.6 is 0 Å². The monoisotopic (exact) mass is 331 g/mol. The molecule has 1 aromatic heterocycles. The molecule has 24 heavy (non-hydrogen) atoms. The predicted molar refractivity (Wildman–Crippen MR) is 88.4 cm³/mol. The molecular formula is C17H21N3O4. The second-order valence-corrected chi connectivity index (χ2v) is 5.56. The van der Waals surface area contributed by atoms with Crippen LogP contribution in [-0.4, -0.2) is 53.7 Å². The normalized spacial score (nSPS) is 10.8. The van der Waals surface area contributed by atoms with Gasteiger partial charge in [-0.2, -0.15) is 0 Å². The summed E-state index contributed by atoms with van der Waals surface area (Å²) in [6.45, 7) is 0.508. The number of aliphatic carboxylic acids is 1. The molecule has 1 amide bonds. The molecule has 7 nitrogen and oxygen atoms in total. The number of carbonyl (C=O) groups is 2. The van der Waals surface area contributed by atoms with Gasteiger partial charge in [0.15, 0.2) is 0 Å². The number of carbonyl (C=O) groups excluding carboxylic acids is 1. The smallest absolute Gasteiger partial charge is 0.322 e. The quantitative estimate of drug-likeness (QED) is 0.721. The maximum atomic E-state index is 11.5. The molecule has 7 heteroatoms. The van der Waals surface area contributed by atoms with Crippen molar-refractivity contribution >= 4 is 11.9 Å². The number of nitrogens with zero attached hydrogens (tertiary/aromatic N) is 2. The minimum Gasteiger partial charge on any atom is -0.480 e. The van der Waals surface area contributed by atoms with Crippen LogP contribution in [-0.2, 0) is 16.0 Å². The summed E-state index contributed by atoms with van der Waals surface area (Å²) in [6.07, 6.45) is 1.53. The maximum Gasteiger partial charge on any atom is 0.322 e. The van der Waals surface area contributed by atoms with Gasteiger partial charge in [-0.15, -0.1) is 0 Å². The summed E-state index contributed by atoms with van der Waals surface area (Å²) < 4.78 is 5.33. The summed E-state index contributed by atoms with van der Waals surface area (Å²) in [5, 5.41) is 14.9.